The number of rotatable bonds is 3. The van der Waals surface area contributed by atoms with Gasteiger partial charge in [0.2, 0.25) is 0 Å². The highest BCUT2D eigenvalue weighted by atomic mass is 16.5. The molecule has 2 atom stereocenters. The first kappa shape index (κ1) is 12.2. The van der Waals surface area contributed by atoms with Crippen molar-refractivity contribution in [1.29, 1.82) is 0 Å². The van der Waals surface area contributed by atoms with Crippen molar-refractivity contribution >= 4 is 0 Å². The molecule has 2 rings (SSSR count). The van der Waals surface area contributed by atoms with Gasteiger partial charge in [-0.1, -0.05) is 12.1 Å². The first-order chi connectivity index (χ1) is 8.16. The lowest BCUT2D eigenvalue weighted by atomic mass is 10.0. The highest BCUT2D eigenvalue weighted by molar-refractivity contribution is 5.44. The molecule has 1 heterocycles. The summed E-state index contributed by atoms with van der Waals surface area (Å²) in [4.78, 5) is 0. The molecule has 2 unspecified atom stereocenters. The van der Waals surface area contributed by atoms with E-state index in [1.807, 2.05) is 6.07 Å². The predicted molar refractivity (Wildman–Crippen MR) is 65.0 cm³/mol. The second-order valence-electron chi connectivity index (χ2n) is 4.57. The molecule has 17 heavy (non-hydrogen) atoms. The molecule has 4 nitrogen and oxygen atoms in total. The highest BCUT2D eigenvalue weighted by Gasteiger charge is 2.19. The van der Waals surface area contributed by atoms with Crippen LogP contribution >= 0.6 is 0 Å². The first-order valence-electron chi connectivity index (χ1n) is 6.01. The molecule has 0 aliphatic carbocycles. The van der Waals surface area contributed by atoms with Gasteiger partial charge in [0.25, 0.3) is 0 Å². The third-order valence-corrected chi connectivity index (χ3v) is 3.16. The second-order valence-corrected chi connectivity index (χ2v) is 4.57. The van der Waals surface area contributed by atoms with Crippen molar-refractivity contribution in [3.8, 4) is 11.5 Å². The van der Waals surface area contributed by atoms with E-state index in [4.69, 9.17) is 4.74 Å². The van der Waals surface area contributed by atoms with Crippen molar-refractivity contribution in [1.82, 2.24) is 5.32 Å². The average molecular weight is 237 g/mol. The van der Waals surface area contributed by atoms with E-state index in [1.165, 1.54) is 6.07 Å². The molecule has 3 N–H and O–H groups in total. The van der Waals surface area contributed by atoms with Crippen molar-refractivity contribution in [2.75, 3.05) is 6.61 Å². The number of phenols is 2. The van der Waals surface area contributed by atoms with Crippen molar-refractivity contribution in [3.05, 3.63) is 23.8 Å². The fourth-order valence-corrected chi connectivity index (χ4v) is 2.16. The largest absolute Gasteiger partial charge is 0.504 e. The number of para-hydroxylation sites is 1. The third-order valence-electron chi connectivity index (χ3n) is 3.16. The predicted octanol–water partition coefficient (Wildman–Crippen LogP) is 1.75. The number of nitrogens with one attached hydrogen (secondary N) is 1. The Morgan fingerprint density at radius 2 is 2.24 bits per heavy atom. The maximum atomic E-state index is 9.66. The monoisotopic (exact) mass is 237 g/mol. The van der Waals surface area contributed by atoms with Crippen LogP contribution in [0.1, 0.15) is 25.3 Å². The number of hydrogen-bond donors (Lipinski definition) is 3. The quantitative estimate of drug-likeness (QED) is 0.701. The number of hydrogen-bond acceptors (Lipinski definition) is 4. The maximum absolute atomic E-state index is 9.66. The minimum absolute atomic E-state index is 0.0277. The summed E-state index contributed by atoms with van der Waals surface area (Å²) in [5.74, 6) is -0.0928. The van der Waals surface area contributed by atoms with E-state index in [0.717, 1.165) is 25.0 Å². The van der Waals surface area contributed by atoms with E-state index in [-0.39, 0.29) is 11.5 Å². The Kier molecular flexibility index (Phi) is 3.86. The molecule has 0 saturated carbocycles. The Bertz CT molecular complexity index is 381. The summed E-state index contributed by atoms with van der Waals surface area (Å²) in [5, 5.41) is 22.4. The fourth-order valence-electron chi connectivity index (χ4n) is 2.16. The Morgan fingerprint density at radius 3 is 3.00 bits per heavy atom. The van der Waals surface area contributed by atoms with E-state index >= 15 is 0 Å². The minimum atomic E-state index is -0.0651. The third kappa shape index (κ3) is 3.11. The zero-order chi connectivity index (χ0) is 12.3. The van der Waals surface area contributed by atoms with Gasteiger partial charge in [-0.05, 0) is 25.8 Å². The average Bonchev–Trinajstić information content (AvgIpc) is 2.31. The van der Waals surface area contributed by atoms with Gasteiger partial charge in [-0.25, -0.2) is 0 Å². The summed E-state index contributed by atoms with van der Waals surface area (Å²) in [6.07, 6.45) is 2.27. The van der Waals surface area contributed by atoms with Gasteiger partial charge < -0.3 is 20.3 Å². The van der Waals surface area contributed by atoms with E-state index in [2.05, 4.69) is 12.2 Å². The zero-order valence-electron chi connectivity index (χ0n) is 10.0. The summed E-state index contributed by atoms with van der Waals surface area (Å²) >= 11 is 0. The van der Waals surface area contributed by atoms with Crippen LogP contribution in [0, 0.1) is 0 Å². The molecule has 1 aromatic carbocycles. The summed E-state index contributed by atoms with van der Waals surface area (Å²) in [6, 6.07) is 5.44. The van der Waals surface area contributed by atoms with E-state index in [9.17, 15) is 10.2 Å². The molecule has 94 valence electrons. The van der Waals surface area contributed by atoms with Crippen molar-refractivity contribution < 1.29 is 14.9 Å². The molecular weight excluding hydrogens is 218 g/mol. The van der Waals surface area contributed by atoms with Crippen LogP contribution < -0.4 is 5.32 Å². The van der Waals surface area contributed by atoms with E-state index in [0.29, 0.717) is 18.7 Å². The molecule has 4 heteroatoms. The number of benzene rings is 1. The summed E-state index contributed by atoms with van der Waals surface area (Å²) < 4.78 is 5.47. The van der Waals surface area contributed by atoms with E-state index < -0.39 is 0 Å². The zero-order valence-corrected chi connectivity index (χ0v) is 10.0. The van der Waals surface area contributed by atoms with Crippen LogP contribution in [0.15, 0.2) is 18.2 Å². The lowest BCUT2D eigenvalue weighted by Gasteiger charge is -2.28. The van der Waals surface area contributed by atoms with Gasteiger partial charge in [0.15, 0.2) is 11.5 Å². The van der Waals surface area contributed by atoms with Crippen molar-refractivity contribution in [2.45, 2.75) is 38.5 Å². The second kappa shape index (κ2) is 5.38. The van der Waals surface area contributed by atoms with Gasteiger partial charge in [-0.2, -0.15) is 0 Å². The van der Waals surface area contributed by atoms with Gasteiger partial charge in [0, 0.05) is 24.8 Å². The van der Waals surface area contributed by atoms with Gasteiger partial charge >= 0.3 is 0 Å². The summed E-state index contributed by atoms with van der Waals surface area (Å²) in [7, 11) is 0. The van der Waals surface area contributed by atoms with Crippen LogP contribution in [0.5, 0.6) is 11.5 Å². The van der Waals surface area contributed by atoms with Gasteiger partial charge in [-0.3, -0.25) is 0 Å². The van der Waals surface area contributed by atoms with Gasteiger partial charge in [0.05, 0.1) is 6.10 Å². The maximum Gasteiger partial charge on any atom is 0.161 e. The number of ether oxygens (including phenoxy) is 1. The SMILES string of the molecule is CC1CC(NCc2cccc(O)c2O)CCO1. The van der Waals surface area contributed by atoms with Crippen LogP contribution in [0.4, 0.5) is 0 Å². The van der Waals surface area contributed by atoms with Crippen molar-refractivity contribution in [3.63, 3.8) is 0 Å². The Balaban J connectivity index is 1.91. The molecule has 0 bridgehead atoms. The van der Waals surface area contributed by atoms with Crippen LogP contribution in [0.2, 0.25) is 0 Å². The molecule has 1 aliphatic rings. The van der Waals surface area contributed by atoms with Crippen LogP contribution in [0.3, 0.4) is 0 Å². The molecule has 0 aromatic heterocycles. The lowest BCUT2D eigenvalue weighted by molar-refractivity contribution is 0.0130. The first-order valence-corrected chi connectivity index (χ1v) is 6.01. The summed E-state index contributed by atoms with van der Waals surface area (Å²) in [5.41, 5.74) is 0.726. The minimum Gasteiger partial charge on any atom is -0.504 e. The smallest absolute Gasteiger partial charge is 0.161 e. The van der Waals surface area contributed by atoms with Gasteiger partial charge in [0.1, 0.15) is 0 Å². The highest BCUT2D eigenvalue weighted by Crippen LogP contribution is 2.28. The van der Waals surface area contributed by atoms with Crippen LogP contribution in [-0.4, -0.2) is 29.0 Å². The molecule has 0 amide bonds. The Morgan fingerprint density at radius 1 is 1.41 bits per heavy atom. The molecule has 1 fully saturated rings. The Hall–Kier alpha value is -1.26. The van der Waals surface area contributed by atoms with Crippen LogP contribution in [-0.2, 0) is 11.3 Å². The molecule has 1 aliphatic heterocycles. The van der Waals surface area contributed by atoms with Crippen molar-refractivity contribution in [2.24, 2.45) is 0 Å². The topological polar surface area (TPSA) is 61.7 Å². The normalized spacial score (nSPS) is 24.8. The summed E-state index contributed by atoms with van der Waals surface area (Å²) in [6.45, 7) is 3.42. The van der Waals surface area contributed by atoms with E-state index in [1.54, 1.807) is 6.07 Å². The molecule has 0 spiro atoms. The molecular formula is C13H19NO3. The Labute approximate surface area is 101 Å². The number of aromatic hydroxyl groups is 2. The lowest BCUT2D eigenvalue weighted by Crippen LogP contribution is -2.37. The fraction of sp³-hybridized carbons (Fsp3) is 0.538. The molecule has 0 radical (unpaired) electrons. The standard InChI is InChI=1S/C13H19NO3/c1-9-7-11(5-6-17-9)14-8-10-3-2-4-12(15)13(10)16/h2-4,9,11,14-16H,5-8H2,1H3. The van der Waals surface area contributed by atoms with Gasteiger partial charge in [-0.15, -0.1) is 0 Å². The van der Waals surface area contributed by atoms with Crippen LogP contribution in [0.25, 0.3) is 0 Å². The molecule has 1 saturated heterocycles. The molecule has 1 aromatic rings. The number of phenolic OH excluding ortho intramolecular Hbond substituents is 2.